The normalized spacial score (nSPS) is 42.3. The zero-order valence-electron chi connectivity index (χ0n) is 27.3. The Balaban J connectivity index is 0.948. The Labute approximate surface area is 272 Å². The van der Waals surface area contributed by atoms with E-state index in [1.54, 1.807) is 0 Å². The number of aromatic hydroxyl groups is 2. The van der Waals surface area contributed by atoms with Crippen molar-refractivity contribution in [2.75, 3.05) is 0 Å². The van der Waals surface area contributed by atoms with Gasteiger partial charge in [-0.25, -0.2) is 4.68 Å². The zero-order chi connectivity index (χ0) is 31.6. The van der Waals surface area contributed by atoms with Gasteiger partial charge in [-0.1, -0.05) is 31.2 Å². The minimum atomic E-state index is -1.02. The Morgan fingerprint density at radius 3 is 1.91 bits per heavy atom. The first-order valence-corrected chi connectivity index (χ1v) is 18.0. The van der Waals surface area contributed by atoms with Crippen molar-refractivity contribution >= 4 is 0 Å². The van der Waals surface area contributed by atoms with Crippen LogP contribution < -0.4 is 0 Å². The summed E-state index contributed by atoms with van der Waals surface area (Å²) in [7, 11) is 0. The number of aromatic nitrogens is 3. The molecule has 7 nitrogen and oxygen atoms in total. The van der Waals surface area contributed by atoms with Gasteiger partial charge < -0.3 is 20.4 Å². The van der Waals surface area contributed by atoms with E-state index in [0.29, 0.717) is 65.7 Å². The molecule has 46 heavy (non-hydrogen) atoms. The van der Waals surface area contributed by atoms with Gasteiger partial charge in [0.1, 0.15) is 22.8 Å². The minimum Gasteiger partial charge on any atom is -0.508 e. The van der Waals surface area contributed by atoms with Gasteiger partial charge in [0.15, 0.2) is 0 Å². The van der Waals surface area contributed by atoms with Crippen molar-refractivity contribution < 1.29 is 20.4 Å². The summed E-state index contributed by atoms with van der Waals surface area (Å²) >= 11 is 0. The molecule has 1 aromatic heterocycles. The molecule has 6 aliphatic rings. The fourth-order valence-electron chi connectivity index (χ4n) is 12.8. The number of hydrogen-bond acceptors (Lipinski definition) is 6. The number of phenolic OH excluding ortho intramolecular Hbond substituents is 2. The highest BCUT2D eigenvalue weighted by molar-refractivity contribution is 5.42. The van der Waals surface area contributed by atoms with E-state index >= 15 is 0 Å². The molecule has 0 amide bonds. The summed E-state index contributed by atoms with van der Waals surface area (Å²) in [6, 6.07) is 11.9. The van der Waals surface area contributed by atoms with Crippen LogP contribution >= 0.6 is 0 Å². The van der Waals surface area contributed by atoms with E-state index in [4.69, 9.17) is 0 Å². The second kappa shape index (κ2) is 9.82. The monoisotopic (exact) mass is 623 g/mol. The molecule has 0 spiro atoms. The van der Waals surface area contributed by atoms with E-state index in [1.165, 1.54) is 22.3 Å². The van der Waals surface area contributed by atoms with Gasteiger partial charge in [-0.05, 0) is 159 Å². The quantitative estimate of drug-likeness (QED) is 0.258. The summed E-state index contributed by atoms with van der Waals surface area (Å²) in [6.45, 7) is 5.03. The summed E-state index contributed by atoms with van der Waals surface area (Å²) in [5, 5.41) is 54.3. The Morgan fingerprint density at radius 1 is 0.717 bits per heavy atom. The molecule has 0 aliphatic heterocycles. The van der Waals surface area contributed by atoms with Gasteiger partial charge in [0.2, 0.25) is 0 Å². The van der Waals surface area contributed by atoms with Crippen LogP contribution in [0.5, 0.6) is 11.5 Å². The van der Waals surface area contributed by atoms with Crippen LogP contribution in [0.15, 0.2) is 42.6 Å². The molecule has 4 fully saturated rings. The highest BCUT2D eigenvalue weighted by Gasteiger charge is 2.64. The van der Waals surface area contributed by atoms with Crippen LogP contribution in [0.4, 0.5) is 0 Å². The van der Waals surface area contributed by atoms with E-state index in [-0.39, 0.29) is 10.8 Å². The molecular formula is C39H49N3O4. The molecule has 0 radical (unpaired) electrons. The Bertz CT molecular complexity index is 1700. The van der Waals surface area contributed by atoms with Crippen molar-refractivity contribution in [1.29, 1.82) is 0 Å². The van der Waals surface area contributed by atoms with Gasteiger partial charge in [-0.2, -0.15) is 0 Å². The first-order valence-electron chi connectivity index (χ1n) is 18.0. The molecule has 0 bridgehead atoms. The lowest BCUT2D eigenvalue weighted by Crippen LogP contribution is -2.52. The predicted molar refractivity (Wildman–Crippen MR) is 174 cm³/mol. The number of aliphatic hydroxyl groups is 2. The van der Waals surface area contributed by atoms with Crippen LogP contribution in [0.25, 0.3) is 0 Å². The van der Waals surface area contributed by atoms with E-state index in [1.807, 2.05) is 35.1 Å². The minimum absolute atomic E-state index is 0.192. The summed E-state index contributed by atoms with van der Waals surface area (Å²) in [6.07, 6.45) is 13.7. The van der Waals surface area contributed by atoms with Gasteiger partial charge >= 0.3 is 0 Å². The molecule has 3 aromatic rings. The maximum Gasteiger partial charge on any atom is 0.116 e. The zero-order valence-corrected chi connectivity index (χ0v) is 27.3. The summed E-state index contributed by atoms with van der Waals surface area (Å²) in [5.74, 6) is 3.68. The van der Waals surface area contributed by atoms with E-state index in [2.05, 4.69) is 36.3 Å². The Kier molecular flexibility index (Phi) is 6.25. The average Bonchev–Trinajstić information content (AvgIpc) is 3.69. The fourth-order valence-corrected chi connectivity index (χ4v) is 12.8. The lowest BCUT2D eigenvalue weighted by molar-refractivity contribution is -0.114. The van der Waals surface area contributed by atoms with Gasteiger partial charge in [0, 0.05) is 10.8 Å². The van der Waals surface area contributed by atoms with Crippen LogP contribution in [-0.2, 0) is 25.0 Å². The number of benzene rings is 2. The van der Waals surface area contributed by atoms with Crippen molar-refractivity contribution in [2.45, 2.75) is 120 Å². The number of hydrogen-bond donors (Lipinski definition) is 4. The number of nitrogens with zero attached hydrogens (tertiary/aromatic N) is 3. The predicted octanol–water partition coefficient (Wildman–Crippen LogP) is 6.72. The van der Waals surface area contributed by atoms with E-state index in [9.17, 15) is 20.4 Å². The summed E-state index contributed by atoms with van der Waals surface area (Å²) in [4.78, 5) is 0. The number of fused-ring (bicyclic) bond motifs is 10. The molecule has 7 heteroatoms. The lowest BCUT2D eigenvalue weighted by atomic mass is 9.53. The van der Waals surface area contributed by atoms with Crippen molar-refractivity contribution in [3.8, 4) is 11.5 Å². The maximum absolute atomic E-state index is 12.5. The molecule has 2 aromatic carbocycles. The van der Waals surface area contributed by atoms with Crippen molar-refractivity contribution in [3.05, 3.63) is 70.5 Å². The second-order valence-electron chi connectivity index (χ2n) is 16.8. The Morgan fingerprint density at radius 2 is 1.28 bits per heavy atom. The standard InChI is InChI=1S/C39H49N3O4/c1-36-15-11-29-27-9-5-25(43)19-23(27)3-7-31(29)33(36)13-17-38(36,45)22-42-21-35(40-41-42)39(46)18-14-34-32-8-4-24-20-26(44)6-10-28(24)30(32)12-16-37(34,39)2/h5-6,9-10,19-21,29-34,43-46H,3-4,7-8,11-18,22H2,1-2H3/t29?,30-,31-,32?,33?,34+,36+,37+,38-,39-/m1/s1. The molecule has 9 rings (SSSR count). The third-order valence-corrected chi connectivity index (χ3v) is 15.3. The SMILES string of the molecule is C[C@]12CCC3c4ccc(O)cc4CC[C@H]3C1CC[C@@]2(O)Cn1cc([C@]2(O)CC[C@H]3C4CCc5cc(O)ccc5[C@H]4CC[C@@]32C)nn1. The topological polar surface area (TPSA) is 112 Å². The van der Waals surface area contributed by atoms with Crippen LogP contribution in [0.2, 0.25) is 0 Å². The van der Waals surface area contributed by atoms with Crippen LogP contribution in [0, 0.1) is 34.5 Å². The maximum atomic E-state index is 12.5. The first-order chi connectivity index (χ1) is 22.0. The summed E-state index contributed by atoms with van der Waals surface area (Å²) in [5.41, 5.74) is 3.74. The molecule has 4 N–H and O–H groups in total. The molecule has 1 heterocycles. The van der Waals surface area contributed by atoms with Gasteiger partial charge in [-0.3, -0.25) is 0 Å². The lowest BCUT2D eigenvalue weighted by Gasteiger charge is -2.53. The molecule has 244 valence electrons. The molecule has 3 unspecified atom stereocenters. The molecular weight excluding hydrogens is 574 g/mol. The Hall–Kier alpha value is -2.90. The first kappa shape index (κ1) is 29.3. The van der Waals surface area contributed by atoms with Gasteiger partial charge in [0.05, 0.1) is 18.3 Å². The average molecular weight is 624 g/mol. The molecule has 4 saturated carbocycles. The van der Waals surface area contributed by atoms with Crippen molar-refractivity contribution in [3.63, 3.8) is 0 Å². The van der Waals surface area contributed by atoms with Crippen molar-refractivity contribution in [2.24, 2.45) is 34.5 Å². The third-order valence-electron chi connectivity index (χ3n) is 15.3. The number of aryl methyl sites for hydroxylation is 2. The number of phenols is 2. The van der Waals surface area contributed by atoms with E-state index in [0.717, 1.165) is 70.6 Å². The molecule has 6 aliphatic carbocycles. The smallest absolute Gasteiger partial charge is 0.116 e. The highest BCUT2D eigenvalue weighted by Crippen LogP contribution is 2.67. The largest absolute Gasteiger partial charge is 0.508 e. The van der Waals surface area contributed by atoms with Gasteiger partial charge in [-0.15, -0.1) is 5.10 Å². The van der Waals surface area contributed by atoms with Gasteiger partial charge in [0.25, 0.3) is 0 Å². The second-order valence-corrected chi connectivity index (χ2v) is 16.8. The third kappa shape index (κ3) is 3.85. The fraction of sp³-hybridized carbons (Fsp3) is 0.641. The van der Waals surface area contributed by atoms with Crippen LogP contribution in [-0.4, -0.2) is 41.0 Å². The van der Waals surface area contributed by atoms with Crippen molar-refractivity contribution in [1.82, 2.24) is 15.0 Å². The van der Waals surface area contributed by atoms with E-state index < -0.39 is 11.2 Å². The molecule has 0 saturated heterocycles. The van der Waals surface area contributed by atoms with Crippen LogP contribution in [0.1, 0.15) is 118 Å². The van der Waals surface area contributed by atoms with Crippen LogP contribution in [0.3, 0.4) is 0 Å². The summed E-state index contributed by atoms with van der Waals surface area (Å²) < 4.78 is 1.84. The highest BCUT2D eigenvalue weighted by atomic mass is 16.3. The molecule has 10 atom stereocenters. The number of rotatable bonds is 3.